The largest absolute Gasteiger partial charge is 0.382 e. The molecule has 1 fully saturated rings. The Morgan fingerprint density at radius 1 is 1.15 bits per heavy atom. The summed E-state index contributed by atoms with van der Waals surface area (Å²) in [6, 6.07) is 10.9. The molecule has 0 atom stereocenters. The van der Waals surface area contributed by atoms with Crippen molar-refractivity contribution in [3.8, 4) is 0 Å². The number of hydrogen-bond acceptors (Lipinski definition) is 3. The Labute approximate surface area is 127 Å². The number of benzene rings is 1. The first-order valence-electron chi connectivity index (χ1n) is 6.98. The van der Waals surface area contributed by atoms with Crippen LogP contribution in [0.3, 0.4) is 0 Å². The fourth-order valence-electron chi connectivity index (χ4n) is 2.75. The van der Waals surface area contributed by atoms with Crippen molar-refractivity contribution in [3.05, 3.63) is 46.6 Å². The molecule has 2 N–H and O–H groups in total. The van der Waals surface area contributed by atoms with E-state index in [2.05, 4.69) is 50.2 Å². The predicted octanol–water partition coefficient (Wildman–Crippen LogP) is 3.06. The second kappa shape index (κ2) is 5.97. The van der Waals surface area contributed by atoms with Gasteiger partial charge >= 0.3 is 0 Å². The lowest BCUT2D eigenvalue weighted by atomic mass is 10.0. The molecule has 2 aromatic rings. The van der Waals surface area contributed by atoms with Crippen LogP contribution in [0.2, 0.25) is 0 Å². The molecule has 0 spiro atoms. The summed E-state index contributed by atoms with van der Waals surface area (Å²) in [6.07, 6.45) is 4.26. The minimum atomic E-state index is 0.494. The molecule has 0 radical (unpaired) electrons. The maximum atomic E-state index is 5.68. The minimum absolute atomic E-state index is 0.494. The molecule has 3 rings (SSSR count). The standard InChI is InChI=1S/C15H19BrN4/c16-13-3-1-12(2-4-13)11-19-8-5-14(6-9-19)20-10-7-15(17)18-20/h1-4,7,10,14H,5-6,8-9,11H2,(H2,17,18). The Hall–Kier alpha value is -1.33. The van der Waals surface area contributed by atoms with Crippen molar-refractivity contribution in [1.82, 2.24) is 14.7 Å². The monoisotopic (exact) mass is 334 g/mol. The summed E-state index contributed by atoms with van der Waals surface area (Å²) in [5, 5.41) is 4.32. The number of halogens is 1. The van der Waals surface area contributed by atoms with Crippen LogP contribution in [0.15, 0.2) is 41.0 Å². The number of anilines is 1. The van der Waals surface area contributed by atoms with Gasteiger partial charge in [-0.25, -0.2) is 0 Å². The normalized spacial score (nSPS) is 17.4. The van der Waals surface area contributed by atoms with E-state index >= 15 is 0 Å². The van der Waals surface area contributed by atoms with E-state index in [1.54, 1.807) is 0 Å². The van der Waals surface area contributed by atoms with Crippen molar-refractivity contribution in [2.45, 2.75) is 25.4 Å². The zero-order valence-corrected chi connectivity index (χ0v) is 13.0. The van der Waals surface area contributed by atoms with E-state index in [4.69, 9.17) is 5.73 Å². The van der Waals surface area contributed by atoms with Gasteiger partial charge in [0.05, 0.1) is 6.04 Å². The molecule has 5 heteroatoms. The summed E-state index contributed by atoms with van der Waals surface area (Å²) in [5.41, 5.74) is 7.05. The van der Waals surface area contributed by atoms with Crippen LogP contribution in [0.5, 0.6) is 0 Å². The smallest absolute Gasteiger partial charge is 0.145 e. The number of hydrogen-bond donors (Lipinski definition) is 1. The van der Waals surface area contributed by atoms with E-state index < -0.39 is 0 Å². The van der Waals surface area contributed by atoms with E-state index in [0.29, 0.717) is 11.9 Å². The number of nitrogen functional groups attached to an aromatic ring is 1. The summed E-state index contributed by atoms with van der Waals surface area (Å²) < 4.78 is 3.16. The Balaban J connectivity index is 1.54. The van der Waals surface area contributed by atoms with Gasteiger partial charge in [0.1, 0.15) is 5.82 Å². The van der Waals surface area contributed by atoms with E-state index in [-0.39, 0.29) is 0 Å². The number of nitrogens with zero attached hydrogens (tertiary/aromatic N) is 3. The fraction of sp³-hybridized carbons (Fsp3) is 0.400. The summed E-state index contributed by atoms with van der Waals surface area (Å²) in [4.78, 5) is 2.51. The van der Waals surface area contributed by atoms with Crippen LogP contribution in [-0.4, -0.2) is 27.8 Å². The van der Waals surface area contributed by atoms with Crippen molar-refractivity contribution in [3.63, 3.8) is 0 Å². The van der Waals surface area contributed by atoms with E-state index in [1.807, 2.05) is 16.9 Å². The molecule has 106 valence electrons. The van der Waals surface area contributed by atoms with Crippen LogP contribution in [0, 0.1) is 0 Å². The lowest BCUT2D eigenvalue weighted by molar-refractivity contribution is 0.173. The average molecular weight is 335 g/mol. The van der Waals surface area contributed by atoms with Gasteiger partial charge in [-0.15, -0.1) is 0 Å². The zero-order valence-electron chi connectivity index (χ0n) is 11.4. The maximum absolute atomic E-state index is 5.68. The van der Waals surface area contributed by atoms with Gasteiger partial charge in [0.2, 0.25) is 0 Å². The Bertz CT molecular complexity index is 556. The molecule has 0 amide bonds. The topological polar surface area (TPSA) is 47.1 Å². The zero-order chi connectivity index (χ0) is 13.9. The number of piperidine rings is 1. The average Bonchev–Trinajstić information content (AvgIpc) is 2.89. The molecule has 1 aliphatic rings. The van der Waals surface area contributed by atoms with Gasteiger partial charge in [-0.05, 0) is 36.6 Å². The third-order valence-electron chi connectivity index (χ3n) is 3.88. The van der Waals surface area contributed by atoms with Crippen LogP contribution >= 0.6 is 15.9 Å². The third-order valence-corrected chi connectivity index (χ3v) is 4.41. The first-order chi connectivity index (χ1) is 9.70. The number of rotatable bonds is 3. The molecule has 2 heterocycles. The lowest BCUT2D eigenvalue weighted by Crippen LogP contribution is -2.34. The molecule has 0 aliphatic carbocycles. The Morgan fingerprint density at radius 3 is 2.45 bits per heavy atom. The highest BCUT2D eigenvalue weighted by Crippen LogP contribution is 2.23. The molecule has 1 saturated heterocycles. The summed E-state index contributed by atoms with van der Waals surface area (Å²) in [7, 11) is 0. The van der Waals surface area contributed by atoms with Gasteiger partial charge in [-0.3, -0.25) is 9.58 Å². The maximum Gasteiger partial charge on any atom is 0.145 e. The molecule has 1 aliphatic heterocycles. The number of aromatic nitrogens is 2. The SMILES string of the molecule is Nc1ccn(C2CCN(Cc3ccc(Br)cc3)CC2)n1. The highest BCUT2D eigenvalue weighted by Gasteiger charge is 2.20. The molecule has 1 aromatic carbocycles. The second-order valence-electron chi connectivity index (χ2n) is 5.35. The van der Waals surface area contributed by atoms with Crippen molar-refractivity contribution in [1.29, 1.82) is 0 Å². The molecule has 0 bridgehead atoms. The van der Waals surface area contributed by atoms with Crippen LogP contribution < -0.4 is 5.73 Å². The van der Waals surface area contributed by atoms with Gasteiger partial charge in [-0.2, -0.15) is 5.10 Å². The summed E-state index contributed by atoms with van der Waals surface area (Å²) in [6.45, 7) is 3.25. The fourth-order valence-corrected chi connectivity index (χ4v) is 3.01. The molecular weight excluding hydrogens is 316 g/mol. The van der Waals surface area contributed by atoms with Gasteiger partial charge in [0.15, 0.2) is 0 Å². The van der Waals surface area contributed by atoms with Gasteiger partial charge < -0.3 is 5.73 Å². The lowest BCUT2D eigenvalue weighted by Gasteiger charge is -2.32. The first-order valence-corrected chi connectivity index (χ1v) is 7.77. The molecule has 0 saturated carbocycles. The molecule has 1 aromatic heterocycles. The molecular formula is C15H19BrN4. The van der Waals surface area contributed by atoms with Crippen molar-refractivity contribution in [2.24, 2.45) is 0 Å². The van der Waals surface area contributed by atoms with Crippen LogP contribution in [-0.2, 0) is 6.54 Å². The van der Waals surface area contributed by atoms with Crippen molar-refractivity contribution < 1.29 is 0 Å². The first kappa shape index (κ1) is 13.6. The van der Waals surface area contributed by atoms with Crippen LogP contribution in [0.4, 0.5) is 5.82 Å². The number of nitrogens with two attached hydrogens (primary N) is 1. The van der Waals surface area contributed by atoms with E-state index in [1.165, 1.54) is 5.56 Å². The molecule has 4 nitrogen and oxygen atoms in total. The highest BCUT2D eigenvalue weighted by atomic mass is 79.9. The Kier molecular flexibility index (Phi) is 4.08. The minimum Gasteiger partial charge on any atom is -0.382 e. The van der Waals surface area contributed by atoms with Crippen molar-refractivity contribution >= 4 is 21.7 Å². The van der Waals surface area contributed by atoms with Crippen LogP contribution in [0.25, 0.3) is 0 Å². The number of likely N-dealkylation sites (tertiary alicyclic amines) is 1. The summed E-state index contributed by atoms with van der Waals surface area (Å²) in [5.74, 6) is 0.613. The second-order valence-corrected chi connectivity index (χ2v) is 6.27. The van der Waals surface area contributed by atoms with E-state index in [0.717, 1.165) is 36.9 Å². The van der Waals surface area contributed by atoms with Gasteiger partial charge in [-0.1, -0.05) is 28.1 Å². The van der Waals surface area contributed by atoms with E-state index in [9.17, 15) is 0 Å². The van der Waals surface area contributed by atoms with Gasteiger partial charge in [0.25, 0.3) is 0 Å². The quantitative estimate of drug-likeness (QED) is 0.938. The molecule has 20 heavy (non-hydrogen) atoms. The Morgan fingerprint density at radius 2 is 1.85 bits per heavy atom. The van der Waals surface area contributed by atoms with Crippen LogP contribution in [0.1, 0.15) is 24.4 Å². The van der Waals surface area contributed by atoms with Crippen molar-refractivity contribution in [2.75, 3.05) is 18.8 Å². The predicted molar refractivity (Wildman–Crippen MR) is 84.3 cm³/mol. The highest BCUT2D eigenvalue weighted by molar-refractivity contribution is 9.10. The molecule has 0 unspecified atom stereocenters. The van der Waals surface area contributed by atoms with Gasteiger partial charge in [0, 0.05) is 30.3 Å². The summed E-state index contributed by atoms with van der Waals surface area (Å²) >= 11 is 3.47. The third kappa shape index (κ3) is 3.22.